The first kappa shape index (κ1) is 14.4. The zero-order valence-electron chi connectivity index (χ0n) is 11.3. The van der Waals surface area contributed by atoms with Crippen LogP contribution in [0.4, 0.5) is 0 Å². The van der Waals surface area contributed by atoms with Gasteiger partial charge in [0.15, 0.2) is 5.82 Å². The van der Waals surface area contributed by atoms with Gasteiger partial charge in [-0.05, 0) is 0 Å². The van der Waals surface area contributed by atoms with E-state index in [4.69, 9.17) is 18.7 Å². The molecule has 0 spiro atoms. The number of ether oxygens (including phenoxy) is 3. The molecule has 108 valence electrons. The summed E-state index contributed by atoms with van der Waals surface area (Å²) in [6.45, 7) is 4.10. The van der Waals surface area contributed by atoms with Gasteiger partial charge in [-0.2, -0.15) is 4.98 Å². The molecule has 1 saturated heterocycles. The molecule has 2 heterocycles. The second-order valence-electron chi connectivity index (χ2n) is 4.39. The minimum atomic E-state index is 0.264. The van der Waals surface area contributed by atoms with Crippen molar-refractivity contribution in [1.29, 1.82) is 0 Å². The molecule has 1 atom stereocenters. The van der Waals surface area contributed by atoms with E-state index in [1.165, 1.54) is 0 Å². The predicted octanol–water partition coefficient (Wildman–Crippen LogP) is -0.194. The van der Waals surface area contributed by atoms with E-state index in [1.54, 1.807) is 7.11 Å². The van der Waals surface area contributed by atoms with Gasteiger partial charge in [-0.25, -0.2) is 0 Å². The largest absolute Gasteiger partial charge is 0.382 e. The standard InChI is InChI=1S/C12H21N3O4/c1-16-6-7-17-4-2-11-14-12(19-15-11)8-10-9-18-5-3-13-10/h10,13H,2-9H2,1H3. The SMILES string of the molecule is COCCOCCc1noc(CC2COCCN2)n1. The van der Waals surface area contributed by atoms with Crippen LogP contribution in [0.3, 0.4) is 0 Å². The number of rotatable bonds is 8. The van der Waals surface area contributed by atoms with Gasteiger partial charge in [0.1, 0.15) is 0 Å². The summed E-state index contributed by atoms with van der Waals surface area (Å²) in [4.78, 5) is 4.34. The summed E-state index contributed by atoms with van der Waals surface area (Å²) < 4.78 is 20.8. The molecule has 1 fully saturated rings. The van der Waals surface area contributed by atoms with Crippen molar-refractivity contribution in [2.45, 2.75) is 18.9 Å². The Balaban J connectivity index is 1.66. The summed E-state index contributed by atoms with van der Waals surface area (Å²) >= 11 is 0. The van der Waals surface area contributed by atoms with Gasteiger partial charge in [0.2, 0.25) is 5.89 Å². The molecule has 0 bridgehead atoms. The average molecular weight is 271 g/mol. The molecule has 0 amide bonds. The first-order valence-corrected chi connectivity index (χ1v) is 6.57. The van der Waals surface area contributed by atoms with Gasteiger partial charge in [0.05, 0.1) is 33.0 Å². The van der Waals surface area contributed by atoms with Gasteiger partial charge in [-0.15, -0.1) is 0 Å². The van der Waals surface area contributed by atoms with E-state index in [2.05, 4.69) is 15.5 Å². The van der Waals surface area contributed by atoms with E-state index in [1.807, 2.05) is 0 Å². The van der Waals surface area contributed by atoms with Crippen LogP contribution in [0.15, 0.2) is 4.52 Å². The van der Waals surface area contributed by atoms with E-state index in [0.717, 1.165) is 13.2 Å². The third-order valence-corrected chi connectivity index (χ3v) is 2.83. The molecule has 1 unspecified atom stereocenters. The smallest absolute Gasteiger partial charge is 0.228 e. The Morgan fingerprint density at radius 2 is 2.32 bits per heavy atom. The highest BCUT2D eigenvalue weighted by molar-refractivity contribution is 4.90. The molecule has 1 N–H and O–H groups in total. The molecule has 7 nitrogen and oxygen atoms in total. The fraction of sp³-hybridized carbons (Fsp3) is 0.833. The third-order valence-electron chi connectivity index (χ3n) is 2.83. The normalized spacial score (nSPS) is 19.7. The van der Waals surface area contributed by atoms with Crippen molar-refractivity contribution in [1.82, 2.24) is 15.5 Å². The maximum Gasteiger partial charge on any atom is 0.228 e. The highest BCUT2D eigenvalue weighted by atomic mass is 16.5. The number of hydrogen-bond acceptors (Lipinski definition) is 7. The van der Waals surface area contributed by atoms with Crippen molar-refractivity contribution in [3.05, 3.63) is 11.7 Å². The lowest BCUT2D eigenvalue weighted by Crippen LogP contribution is -2.42. The molecule has 0 aromatic carbocycles. The van der Waals surface area contributed by atoms with Crippen molar-refractivity contribution in [2.75, 3.05) is 46.7 Å². The maximum atomic E-state index is 5.38. The minimum absolute atomic E-state index is 0.264. The first-order valence-electron chi connectivity index (χ1n) is 6.57. The second kappa shape index (κ2) is 8.21. The Kier molecular flexibility index (Phi) is 6.22. The first-order chi connectivity index (χ1) is 9.38. The summed E-state index contributed by atoms with van der Waals surface area (Å²) in [5, 5.41) is 7.29. The molecule has 0 saturated carbocycles. The molecular formula is C12H21N3O4. The molecule has 1 aromatic heterocycles. The van der Waals surface area contributed by atoms with E-state index in [0.29, 0.717) is 51.0 Å². The molecule has 1 aliphatic rings. The van der Waals surface area contributed by atoms with Crippen LogP contribution in [0.5, 0.6) is 0 Å². The number of morpholine rings is 1. The maximum absolute atomic E-state index is 5.38. The number of aromatic nitrogens is 2. The monoisotopic (exact) mass is 271 g/mol. The van der Waals surface area contributed by atoms with Gasteiger partial charge in [0.25, 0.3) is 0 Å². The number of methoxy groups -OCH3 is 1. The number of nitrogens with zero attached hydrogens (tertiary/aromatic N) is 2. The van der Waals surface area contributed by atoms with Gasteiger partial charge < -0.3 is 24.1 Å². The van der Waals surface area contributed by atoms with E-state index >= 15 is 0 Å². The summed E-state index contributed by atoms with van der Waals surface area (Å²) in [5.41, 5.74) is 0. The van der Waals surface area contributed by atoms with E-state index in [-0.39, 0.29) is 6.04 Å². The Bertz CT molecular complexity index is 352. The van der Waals surface area contributed by atoms with Crippen molar-refractivity contribution in [3.8, 4) is 0 Å². The Hall–Kier alpha value is -1.02. The molecular weight excluding hydrogens is 250 g/mol. The van der Waals surface area contributed by atoms with Gasteiger partial charge in [-0.1, -0.05) is 5.16 Å². The van der Waals surface area contributed by atoms with Gasteiger partial charge in [-0.3, -0.25) is 0 Å². The highest BCUT2D eigenvalue weighted by Crippen LogP contribution is 2.04. The molecule has 1 aromatic rings. The lowest BCUT2D eigenvalue weighted by atomic mass is 10.2. The quantitative estimate of drug-likeness (QED) is 0.656. The van der Waals surface area contributed by atoms with Crippen molar-refractivity contribution < 1.29 is 18.7 Å². The third kappa shape index (κ3) is 5.23. The van der Waals surface area contributed by atoms with Crippen LogP contribution in [0.2, 0.25) is 0 Å². The molecule has 19 heavy (non-hydrogen) atoms. The van der Waals surface area contributed by atoms with Crippen LogP contribution in [0, 0.1) is 0 Å². The van der Waals surface area contributed by atoms with Crippen molar-refractivity contribution >= 4 is 0 Å². The molecule has 1 aliphatic heterocycles. The fourth-order valence-corrected chi connectivity index (χ4v) is 1.84. The summed E-state index contributed by atoms with van der Waals surface area (Å²) in [5.74, 6) is 1.33. The lowest BCUT2D eigenvalue weighted by Gasteiger charge is -2.22. The zero-order valence-corrected chi connectivity index (χ0v) is 11.3. The second-order valence-corrected chi connectivity index (χ2v) is 4.39. The summed E-state index contributed by atoms with van der Waals surface area (Å²) in [6.07, 6.45) is 1.36. The fourth-order valence-electron chi connectivity index (χ4n) is 1.84. The Morgan fingerprint density at radius 3 is 3.11 bits per heavy atom. The summed E-state index contributed by atoms with van der Waals surface area (Å²) in [7, 11) is 1.65. The lowest BCUT2D eigenvalue weighted by molar-refractivity contribution is 0.0714. The van der Waals surface area contributed by atoms with E-state index < -0.39 is 0 Å². The van der Waals surface area contributed by atoms with Crippen molar-refractivity contribution in [2.24, 2.45) is 0 Å². The van der Waals surface area contributed by atoms with E-state index in [9.17, 15) is 0 Å². The Labute approximate surface area is 112 Å². The predicted molar refractivity (Wildman–Crippen MR) is 67.0 cm³/mol. The molecule has 2 rings (SSSR count). The van der Waals surface area contributed by atoms with Crippen LogP contribution in [-0.2, 0) is 27.1 Å². The Morgan fingerprint density at radius 1 is 1.37 bits per heavy atom. The van der Waals surface area contributed by atoms with Crippen molar-refractivity contribution in [3.63, 3.8) is 0 Å². The van der Waals surface area contributed by atoms with Gasteiger partial charge >= 0.3 is 0 Å². The number of nitrogens with one attached hydrogen (secondary N) is 1. The van der Waals surface area contributed by atoms with Crippen LogP contribution >= 0.6 is 0 Å². The van der Waals surface area contributed by atoms with Crippen LogP contribution in [-0.4, -0.2) is 62.9 Å². The van der Waals surface area contributed by atoms with Crippen LogP contribution < -0.4 is 5.32 Å². The van der Waals surface area contributed by atoms with Gasteiger partial charge in [0, 0.05) is 32.5 Å². The molecule has 0 radical (unpaired) electrons. The topological polar surface area (TPSA) is 78.6 Å². The highest BCUT2D eigenvalue weighted by Gasteiger charge is 2.17. The molecule has 7 heteroatoms. The molecule has 0 aliphatic carbocycles. The summed E-state index contributed by atoms with van der Waals surface area (Å²) in [6, 6.07) is 0.264. The van der Waals surface area contributed by atoms with Crippen LogP contribution in [0.25, 0.3) is 0 Å². The minimum Gasteiger partial charge on any atom is -0.382 e. The van der Waals surface area contributed by atoms with Crippen LogP contribution in [0.1, 0.15) is 11.7 Å². The average Bonchev–Trinajstić information content (AvgIpc) is 2.87. The zero-order chi connectivity index (χ0) is 13.3. The number of hydrogen-bond donors (Lipinski definition) is 1.